The molecule has 0 bridgehead atoms. The number of benzene rings is 3. The van der Waals surface area contributed by atoms with Crippen LogP contribution in [-0.2, 0) is 4.79 Å². The molecule has 8 nitrogen and oxygen atoms in total. The van der Waals surface area contributed by atoms with E-state index in [1.165, 1.54) is 6.21 Å². The maximum absolute atomic E-state index is 12.6. The van der Waals surface area contributed by atoms with E-state index < -0.39 is 5.91 Å². The molecular formula is C28H30ClN3O5. The average molecular weight is 524 g/mol. The summed E-state index contributed by atoms with van der Waals surface area (Å²) in [5.41, 5.74) is 4.97. The van der Waals surface area contributed by atoms with Crippen LogP contribution in [0.5, 0.6) is 17.2 Å². The number of nitrogens with zero attached hydrogens (tertiary/aromatic N) is 1. The first-order valence-electron chi connectivity index (χ1n) is 11.9. The lowest BCUT2D eigenvalue weighted by molar-refractivity contribution is -0.118. The molecule has 0 unspecified atom stereocenters. The summed E-state index contributed by atoms with van der Waals surface area (Å²) in [6.45, 7) is 6.55. The zero-order valence-corrected chi connectivity index (χ0v) is 21.8. The minimum absolute atomic E-state index is 0.213. The van der Waals surface area contributed by atoms with Crippen molar-refractivity contribution in [3.8, 4) is 17.2 Å². The number of amides is 2. The number of anilines is 1. The van der Waals surface area contributed by atoms with E-state index in [4.69, 9.17) is 25.8 Å². The highest BCUT2D eigenvalue weighted by Gasteiger charge is 2.12. The van der Waals surface area contributed by atoms with Gasteiger partial charge in [-0.3, -0.25) is 9.59 Å². The number of hydrazone groups is 1. The molecule has 0 aliphatic heterocycles. The summed E-state index contributed by atoms with van der Waals surface area (Å²) in [5, 5.41) is 7.36. The van der Waals surface area contributed by atoms with Crippen LogP contribution in [0.2, 0.25) is 5.02 Å². The molecule has 2 amide bonds. The smallest absolute Gasteiger partial charge is 0.271 e. The Bertz CT molecular complexity index is 1260. The van der Waals surface area contributed by atoms with Crippen LogP contribution in [0.4, 0.5) is 5.69 Å². The van der Waals surface area contributed by atoms with Crippen LogP contribution in [-0.4, -0.2) is 37.8 Å². The highest BCUT2D eigenvalue weighted by Crippen LogP contribution is 2.28. The minimum Gasteiger partial charge on any atom is -0.490 e. The van der Waals surface area contributed by atoms with E-state index >= 15 is 0 Å². The van der Waals surface area contributed by atoms with Gasteiger partial charge >= 0.3 is 0 Å². The molecule has 2 N–H and O–H groups in total. The first-order chi connectivity index (χ1) is 17.9. The fraction of sp³-hybridized carbons (Fsp3) is 0.250. The lowest BCUT2D eigenvalue weighted by Gasteiger charge is -2.12. The number of hydrogen-bond acceptors (Lipinski definition) is 6. The van der Waals surface area contributed by atoms with E-state index in [1.807, 2.05) is 26.8 Å². The molecular weight excluding hydrogens is 494 g/mol. The molecule has 0 atom stereocenters. The Kier molecular flexibility index (Phi) is 10.3. The first kappa shape index (κ1) is 27.5. The van der Waals surface area contributed by atoms with Gasteiger partial charge in [0.25, 0.3) is 11.8 Å². The highest BCUT2D eigenvalue weighted by atomic mass is 35.5. The molecule has 3 aromatic rings. The van der Waals surface area contributed by atoms with Crippen LogP contribution in [0.25, 0.3) is 0 Å². The second kappa shape index (κ2) is 13.9. The molecule has 3 aromatic carbocycles. The van der Waals surface area contributed by atoms with Gasteiger partial charge < -0.3 is 19.5 Å². The second-order valence-electron chi connectivity index (χ2n) is 7.98. The van der Waals surface area contributed by atoms with Gasteiger partial charge in [-0.15, -0.1) is 0 Å². The van der Waals surface area contributed by atoms with E-state index in [2.05, 4.69) is 15.8 Å². The first-order valence-corrected chi connectivity index (χ1v) is 12.3. The number of carbonyl (C=O) groups excluding carboxylic acids is 2. The molecule has 37 heavy (non-hydrogen) atoms. The summed E-state index contributed by atoms with van der Waals surface area (Å²) in [5.74, 6) is 0.778. The highest BCUT2D eigenvalue weighted by molar-refractivity contribution is 6.31. The van der Waals surface area contributed by atoms with Crippen LogP contribution in [0.1, 0.15) is 41.8 Å². The number of ether oxygens (including phenoxy) is 3. The lowest BCUT2D eigenvalue weighted by atomic mass is 10.2. The van der Waals surface area contributed by atoms with Crippen LogP contribution >= 0.6 is 11.6 Å². The molecule has 9 heteroatoms. The van der Waals surface area contributed by atoms with Crippen molar-refractivity contribution in [1.29, 1.82) is 0 Å². The summed E-state index contributed by atoms with van der Waals surface area (Å²) in [6.07, 6.45) is 2.31. The van der Waals surface area contributed by atoms with Gasteiger partial charge in [0.15, 0.2) is 18.1 Å². The molecule has 0 fully saturated rings. The van der Waals surface area contributed by atoms with Gasteiger partial charge in [0.05, 0.1) is 19.4 Å². The molecule has 0 radical (unpaired) electrons. The van der Waals surface area contributed by atoms with E-state index in [9.17, 15) is 9.59 Å². The molecule has 0 spiro atoms. The van der Waals surface area contributed by atoms with Gasteiger partial charge in [-0.2, -0.15) is 5.10 Å². The Morgan fingerprint density at radius 3 is 2.51 bits per heavy atom. The zero-order chi connectivity index (χ0) is 26.6. The van der Waals surface area contributed by atoms with Gasteiger partial charge in [-0.1, -0.05) is 36.7 Å². The van der Waals surface area contributed by atoms with Gasteiger partial charge in [-0.05, 0) is 68.3 Å². The standard InChI is InChI=1S/C28H30ClN3O5/c1-4-14-36-25-13-11-20(15-26(25)35-5-2)28(34)32-30-17-21-8-6-7-9-24(21)37-18-27(33)31-22-12-10-19(3)23(29)16-22/h6-13,15-17H,4-5,14,18H2,1-3H3,(H,31,33)(H,32,34)/b30-17+. The van der Waals surface area contributed by atoms with Crippen molar-refractivity contribution in [2.45, 2.75) is 27.2 Å². The molecule has 194 valence electrons. The number of para-hydroxylation sites is 1. The van der Waals surface area contributed by atoms with Crippen molar-refractivity contribution >= 4 is 35.3 Å². The van der Waals surface area contributed by atoms with Gasteiger partial charge in [0.1, 0.15) is 5.75 Å². The van der Waals surface area contributed by atoms with E-state index in [1.54, 1.807) is 54.6 Å². The molecule has 0 saturated heterocycles. The number of nitrogens with one attached hydrogen (secondary N) is 2. The number of aryl methyl sites for hydroxylation is 1. The van der Waals surface area contributed by atoms with Crippen molar-refractivity contribution < 1.29 is 23.8 Å². The van der Waals surface area contributed by atoms with Gasteiger partial charge in [0, 0.05) is 21.8 Å². The Morgan fingerprint density at radius 1 is 0.946 bits per heavy atom. The fourth-order valence-corrected chi connectivity index (χ4v) is 3.38. The molecule has 0 heterocycles. The van der Waals surface area contributed by atoms with Crippen LogP contribution < -0.4 is 25.0 Å². The second-order valence-corrected chi connectivity index (χ2v) is 8.39. The number of carbonyl (C=O) groups is 2. The summed E-state index contributed by atoms with van der Waals surface area (Å²) < 4.78 is 17.0. The number of hydrogen-bond donors (Lipinski definition) is 2. The normalized spacial score (nSPS) is 10.7. The predicted octanol–water partition coefficient (Wildman–Crippen LogP) is 5.62. The molecule has 0 aliphatic rings. The van der Waals surface area contributed by atoms with E-state index in [0.29, 0.717) is 52.3 Å². The Hall–Kier alpha value is -4.04. The van der Waals surface area contributed by atoms with Gasteiger partial charge in [-0.25, -0.2) is 5.43 Å². The third-order valence-electron chi connectivity index (χ3n) is 5.07. The number of halogens is 1. The average Bonchev–Trinajstić information content (AvgIpc) is 2.89. The van der Waals surface area contributed by atoms with Crippen molar-refractivity contribution in [3.63, 3.8) is 0 Å². The molecule has 0 aliphatic carbocycles. The van der Waals surface area contributed by atoms with Crippen molar-refractivity contribution in [1.82, 2.24) is 5.43 Å². The monoisotopic (exact) mass is 523 g/mol. The maximum Gasteiger partial charge on any atom is 0.271 e. The molecule has 0 aromatic heterocycles. The largest absolute Gasteiger partial charge is 0.490 e. The SMILES string of the molecule is CCCOc1ccc(C(=O)N/N=C/c2ccccc2OCC(=O)Nc2ccc(C)c(Cl)c2)cc1OCC. The van der Waals surface area contributed by atoms with Crippen molar-refractivity contribution in [2.75, 3.05) is 25.1 Å². The minimum atomic E-state index is -0.409. The van der Waals surface area contributed by atoms with Gasteiger partial charge in [0.2, 0.25) is 0 Å². The maximum atomic E-state index is 12.6. The fourth-order valence-electron chi connectivity index (χ4n) is 3.20. The van der Waals surface area contributed by atoms with Crippen molar-refractivity contribution in [2.24, 2.45) is 5.10 Å². The third-order valence-corrected chi connectivity index (χ3v) is 5.48. The quantitative estimate of drug-likeness (QED) is 0.237. The topological polar surface area (TPSA) is 98.3 Å². The van der Waals surface area contributed by atoms with Crippen LogP contribution in [0.15, 0.2) is 65.8 Å². The third kappa shape index (κ3) is 8.25. The van der Waals surface area contributed by atoms with E-state index in [0.717, 1.165) is 12.0 Å². The zero-order valence-electron chi connectivity index (χ0n) is 21.0. The Balaban J connectivity index is 1.60. The Morgan fingerprint density at radius 2 is 1.76 bits per heavy atom. The lowest BCUT2D eigenvalue weighted by Crippen LogP contribution is -2.20. The van der Waals surface area contributed by atoms with Crippen LogP contribution in [0, 0.1) is 6.92 Å². The van der Waals surface area contributed by atoms with E-state index in [-0.39, 0.29) is 12.5 Å². The van der Waals surface area contributed by atoms with Crippen molar-refractivity contribution in [3.05, 3.63) is 82.4 Å². The van der Waals surface area contributed by atoms with Crippen LogP contribution in [0.3, 0.4) is 0 Å². The number of rotatable bonds is 12. The summed E-state index contributed by atoms with van der Waals surface area (Å²) >= 11 is 6.11. The predicted molar refractivity (Wildman–Crippen MR) is 145 cm³/mol. The molecule has 3 rings (SSSR count). The summed E-state index contributed by atoms with van der Waals surface area (Å²) in [7, 11) is 0. The summed E-state index contributed by atoms with van der Waals surface area (Å²) in [4.78, 5) is 24.9. The molecule has 0 saturated carbocycles. The summed E-state index contributed by atoms with van der Waals surface area (Å²) in [6, 6.07) is 17.3. The Labute approximate surface area is 221 Å².